The number of likely N-dealkylation sites (N-methyl/N-ethyl adjacent to an activating group) is 2. The fourth-order valence-electron chi connectivity index (χ4n) is 4.33. The van der Waals surface area contributed by atoms with E-state index < -0.39 is 0 Å². The Morgan fingerprint density at radius 2 is 1.92 bits per heavy atom. The van der Waals surface area contributed by atoms with Gasteiger partial charge in [0.25, 0.3) is 0 Å². The number of piperidine rings is 2. The van der Waals surface area contributed by atoms with Gasteiger partial charge in [0.15, 0.2) is 0 Å². The molecule has 5 heteroatoms. The molecular weight excluding hydrogens is 314 g/mol. The standard InChI is InChI=1S/C20H29N3O2/c1-3-23-15-20(9-11-22(12-10-20)14-18(24)21-2)13-17(19(23)25)16-7-5-4-6-8-16/h4-8,17H,3,9-15H2,1-2H3,(H,21,24). The van der Waals surface area contributed by atoms with Crippen molar-refractivity contribution < 1.29 is 9.59 Å². The summed E-state index contributed by atoms with van der Waals surface area (Å²) in [5.41, 5.74) is 1.32. The zero-order chi connectivity index (χ0) is 17.9. The first-order valence-corrected chi connectivity index (χ1v) is 9.33. The van der Waals surface area contributed by atoms with Gasteiger partial charge in [-0.25, -0.2) is 0 Å². The number of rotatable bonds is 4. The van der Waals surface area contributed by atoms with Crippen LogP contribution in [-0.4, -0.2) is 61.4 Å². The highest BCUT2D eigenvalue weighted by atomic mass is 16.2. The van der Waals surface area contributed by atoms with Gasteiger partial charge in [-0.15, -0.1) is 0 Å². The Morgan fingerprint density at radius 3 is 2.52 bits per heavy atom. The van der Waals surface area contributed by atoms with E-state index >= 15 is 0 Å². The van der Waals surface area contributed by atoms with Crippen LogP contribution >= 0.6 is 0 Å². The number of benzene rings is 1. The monoisotopic (exact) mass is 343 g/mol. The highest BCUT2D eigenvalue weighted by Crippen LogP contribution is 2.45. The van der Waals surface area contributed by atoms with Crippen molar-refractivity contribution in [1.82, 2.24) is 15.1 Å². The molecule has 1 aromatic rings. The Morgan fingerprint density at radius 1 is 1.24 bits per heavy atom. The lowest BCUT2D eigenvalue weighted by Crippen LogP contribution is -2.54. The average Bonchev–Trinajstić information content (AvgIpc) is 2.66. The Bertz CT molecular complexity index is 609. The molecule has 0 bridgehead atoms. The van der Waals surface area contributed by atoms with Crippen LogP contribution in [0.5, 0.6) is 0 Å². The van der Waals surface area contributed by atoms with Gasteiger partial charge in [0.2, 0.25) is 11.8 Å². The van der Waals surface area contributed by atoms with E-state index in [-0.39, 0.29) is 23.1 Å². The van der Waals surface area contributed by atoms with Crippen molar-refractivity contribution in [3.63, 3.8) is 0 Å². The maximum atomic E-state index is 12.9. The normalized spacial score (nSPS) is 23.7. The van der Waals surface area contributed by atoms with Crippen molar-refractivity contribution in [3.05, 3.63) is 35.9 Å². The molecule has 2 saturated heterocycles. The van der Waals surface area contributed by atoms with Crippen LogP contribution in [0.2, 0.25) is 0 Å². The van der Waals surface area contributed by atoms with E-state index in [1.807, 2.05) is 23.1 Å². The molecule has 1 unspecified atom stereocenters. The molecule has 2 aliphatic heterocycles. The van der Waals surface area contributed by atoms with Gasteiger partial charge in [-0.05, 0) is 50.3 Å². The summed E-state index contributed by atoms with van der Waals surface area (Å²) in [6.07, 6.45) is 3.04. The van der Waals surface area contributed by atoms with Gasteiger partial charge in [0.05, 0.1) is 12.5 Å². The van der Waals surface area contributed by atoms with Gasteiger partial charge in [-0.1, -0.05) is 30.3 Å². The third-order valence-electron chi connectivity index (χ3n) is 5.92. The van der Waals surface area contributed by atoms with E-state index in [0.717, 1.165) is 51.0 Å². The van der Waals surface area contributed by atoms with Gasteiger partial charge >= 0.3 is 0 Å². The second-order valence-electron chi connectivity index (χ2n) is 7.47. The summed E-state index contributed by atoms with van der Waals surface area (Å²) in [6.45, 7) is 6.04. The Labute approximate surface area is 150 Å². The van der Waals surface area contributed by atoms with E-state index in [2.05, 4.69) is 29.3 Å². The van der Waals surface area contributed by atoms with Gasteiger partial charge < -0.3 is 10.2 Å². The molecule has 0 aliphatic carbocycles. The third kappa shape index (κ3) is 3.87. The molecular formula is C20H29N3O2. The van der Waals surface area contributed by atoms with Gasteiger partial charge in [-0.2, -0.15) is 0 Å². The van der Waals surface area contributed by atoms with Crippen LogP contribution in [0.1, 0.15) is 37.7 Å². The highest BCUT2D eigenvalue weighted by molar-refractivity contribution is 5.84. The topological polar surface area (TPSA) is 52.6 Å². The van der Waals surface area contributed by atoms with Crippen LogP contribution in [-0.2, 0) is 9.59 Å². The second kappa shape index (κ2) is 7.56. The van der Waals surface area contributed by atoms with Crippen molar-refractivity contribution in [1.29, 1.82) is 0 Å². The third-order valence-corrected chi connectivity index (χ3v) is 5.92. The lowest BCUT2D eigenvalue weighted by molar-refractivity contribution is -0.141. The Kier molecular flexibility index (Phi) is 5.42. The van der Waals surface area contributed by atoms with Crippen LogP contribution in [0.25, 0.3) is 0 Å². The number of likely N-dealkylation sites (tertiary alicyclic amines) is 2. The van der Waals surface area contributed by atoms with Gasteiger partial charge in [0.1, 0.15) is 0 Å². The molecule has 1 N–H and O–H groups in total. The van der Waals surface area contributed by atoms with E-state index in [4.69, 9.17) is 0 Å². The maximum Gasteiger partial charge on any atom is 0.233 e. The van der Waals surface area contributed by atoms with Crippen LogP contribution in [0.15, 0.2) is 30.3 Å². The molecule has 2 fully saturated rings. The van der Waals surface area contributed by atoms with Crippen molar-refractivity contribution in [2.24, 2.45) is 5.41 Å². The molecule has 25 heavy (non-hydrogen) atoms. The smallest absolute Gasteiger partial charge is 0.233 e. The molecule has 2 heterocycles. The summed E-state index contributed by atoms with van der Waals surface area (Å²) in [5.74, 6) is 0.319. The number of amides is 2. The van der Waals surface area contributed by atoms with Crippen LogP contribution in [0.4, 0.5) is 0 Å². The van der Waals surface area contributed by atoms with Crippen molar-refractivity contribution in [3.8, 4) is 0 Å². The van der Waals surface area contributed by atoms with Crippen molar-refractivity contribution in [2.45, 2.75) is 32.1 Å². The van der Waals surface area contributed by atoms with Crippen LogP contribution in [0.3, 0.4) is 0 Å². The van der Waals surface area contributed by atoms with Crippen molar-refractivity contribution >= 4 is 11.8 Å². The van der Waals surface area contributed by atoms with Crippen molar-refractivity contribution in [2.75, 3.05) is 39.8 Å². The molecule has 1 atom stereocenters. The minimum atomic E-state index is -0.0274. The number of carbonyl (C=O) groups is 2. The van der Waals surface area contributed by atoms with E-state index in [1.165, 1.54) is 0 Å². The lowest BCUT2D eigenvalue weighted by Gasteiger charge is -2.49. The molecule has 0 radical (unpaired) electrons. The first-order chi connectivity index (χ1) is 12.1. The molecule has 2 aliphatic rings. The van der Waals surface area contributed by atoms with Gasteiger partial charge in [-0.3, -0.25) is 14.5 Å². The highest BCUT2D eigenvalue weighted by Gasteiger charge is 2.45. The molecule has 0 aromatic heterocycles. The van der Waals surface area contributed by atoms with E-state index in [1.54, 1.807) is 7.05 Å². The maximum absolute atomic E-state index is 12.9. The summed E-state index contributed by atoms with van der Waals surface area (Å²) >= 11 is 0. The zero-order valence-electron chi connectivity index (χ0n) is 15.3. The molecule has 1 spiro atoms. The minimum Gasteiger partial charge on any atom is -0.358 e. The number of carbonyl (C=O) groups excluding carboxylic acids is 2. The molecule has 5 nitrogen and oxygen atoms in total. The van der Waals surface area contributed by atoms with E-state index in [9.17, 15) is 9.59 Å². The first kappa shape index (κ1) is 17.9. The summed E-state index contributed by atoms with van der Waals surface area (Å²) in [7, 11) is 1.68. The largest absolute Gasteiger partial charge is 0.358 e. The van der Waals surface area contributed by atoms with Gasteiger partial charge in [0, 0.05) is 20.1 Å². The number of nitrogens with zero attached hydrogens (tertiary/aromatic N) is 2. The molecule has 2 amide bonds. The average molecular weight is 343 g/mol. The summed E-state index contributed by atoms with van der Waals surface area (Å²) in [5, 5.41) is 2.70. The summed E-state index contributed by atoms with van der Waals surface area (Å²) in [4.78, 5) is 28.8. The first-order valence-electron chi connectivity index (χ1n) is 9.33. The molecule has 1 aromatic carbocycles. The fourth-order valence-corrected chi connectivity index (χ4v) is 4.33. The zero-order valence-corrected chi connectivity index (χ0v) is 15.3. The number of nitrogens with one attached hydrogen (secondary N) is 1. The quantitative estimate of drug-likeness (QED) is 0.908. The van der Waals surface area contributed by atoms with E-state index in [0.29, 0.717) is 6.54 Å². The Hall–Kier alpha value is -1.88. The fraction of sp³-hybridized carbons (Fsp3) is 0.600. The minimum absolute atomic E-state index is 0.0274. The second-order valence-corrected chi connectivity index (χ2v) is 7.47. The predicted octanol–water partition coefficient (Wildman–Crippen LogP) is 1.85. The predicted molar refractivity (Wildman–Crippen MR) is 98.2 cm³/mol. The number of hydrogen-bond donors (Lipinski definition) is 1. The van der Waals surface area contributed by atoms with Crippen LogP contribution < -0.4 is 5.32 Å². The lowest BCUT2D eigenvalue weighted by atomic mass is 9.67. The number of hydrogen-bond acceptors (Lipinski definition) is 3. The summed E-state index contributed by atoms with van der Waals surface area (Å²) in [6, 6.07) is 10.2. The summed E-state index contributed by atoms with van der Waals surface area (Å²) < 4.78 is 0. The van der Waals surface area contributed by atoms with Crippen LogP contribution in [0, 0.1) is 5.41 Å². The molecule has 0 saturated carbocycles. The molecule has 3 rings (SSSR count). The molecule has 136 valence electrons. The SMILES string of the molecule is CCN1CC2(CCN(CC(=O)NC)CC2)CC(c2ccccc2)C1=O. The Balaban J connectivity index is 1.74.